The number of rotatable bonds is 5. The smallest absolute Gasteiger partial charge is 0.269 e. The van der Waals surface area contributed by atoms with Crippen molar-refractivity contribution in [3.63, 3.8) is 0 Å². The monoisotopic (exact) mass is 479 g/mol. The molecule has 4 aromatic rings. The Hall–Kier alpha value is -3.88. The largest absolute Gasteiger partial charge is 0.497 e. The van der Waals surface area contributed by atoms with Crippen LogP contribution in [0.25, 0.3) is 10.1 Å². The molecule has 0 aliphatic carbocycles. The first-order chi connectivity index (χ1) is 16.0. The molecule has 9 heteroatoms. The number of carbonyl (C=O) groups excluding carboxylic acids is 3. The molecule has 4 rings (SSSR count). The standard InChI is InChI=1S/C24H18ClN3O4S/c1-32-17-12-8-15(9-13-17)23(30)28-27-22(29)14-6-10-16(11-7-14)26-24(31)21-20(25)18-4-2-3-5-19(18)33-21/h2-13H,1H3,(H,26,31)(H,27,29)(H,28,30). The first-order valence-corrected chi connectivity index (χ1v) is 11.0. The van der Waals surface area contributed by atoms with Crippen LogP contribution in [-0.4, -0.2) is 24.8 Å². The Kier molecular flexibility index (Phi) is 6.58. The second-order valence-corrected chi connectivity index (χ2v) is 8.34. The van der Waals surface area contributed by atoms with Gasteiger partial charge in [-0.25, -0.2) is 0 Å². The van der Waals surface area contributed by atoms with Crippen molar-refractivity contribution in [1.29, 1.82) is 0 Å². The van der Waals surface area contributed by atoms with E-state index >= 15 is 0 Å². The Bertz CT molecular complexity index is 1330. The highest BCUT2D eigenvalue weighted by Gasteiger charge is 2.17. The maximum Gasteiger partial charge on any atom is 0.269 e. The van der Waals surface area contributed by atoms with Crippen LogP contribution in [0.4, 0.5) is 5.69 Å². The van der Waals surface area contributed by atoms with Crippen LogP contribution >= 0.6 is 22.9 Å². The number of hydrazine groups is 1. The van der Waals surface area contributed by atoms with Gasteiger partial charge in [-0.3, -0.25) is 25.2 Å². The highest BCUT2D eigenvalue weighted by atomic mass is 35.5. The summed E-state index contributed by atoms with van der Waals surface area (Å²) in [6.45, 7) is 0. The molecule has 3 amide bonds. The number of amides is 3. The topological polar surface area (TPSA) is 96.5 Å². The number of carbonyl (C=O) groups is 3. The number of fused-ring (bicyclic) bond motifs is 1. The summed E-state index contributed by atoms with van der Waals surface area (Å²) in [6, 6.07) is 20.3. The third-order valence-electron chi connectivity index (χ3n) is 4.79. The van der Waals surface area contributed by atoms with Gasteiger partial charge >= 0.3 is 0 Å². The number of ether oxygens (including phenoxy) is 1. The molecule has 0 fully saturated rings. The summed E-state index contributed by atoms with van der Waals surface area (Å²) in [6.07, 6.45) is 0. The lowest BCUT2D eigenvalue weighted by Gasteiger charge is -2.09. The summed E-state index contributed by atoms with van der Waals surface area (Å²) >= 11 is 7.67. The van der Waals surface area contributed by atoms with Crippen LogP contribution in [0.2, 0.25) is 5.02 Å². The fraction of sp³-hybridized carbons (Fsp3) is 0.0417. The molecule has 0 unspecified atom stereocenters. The number of halogens is 1. The fourth-order valence-electron chi connectivity index (χ4n) is 3.05. The molecule has 0 radical (unpaired) electrons. The van der Waals surface area contributed by atoms with E-state index in [4.69, 9.17) is 16.3 Å². The van der Waals surface area contributed by atoms with E-state index in [0.29, 0.717) is 32.5 Å². The summed E-state index contributed by atoms with van der Waals surface area (Å²) < 4.78 is 5.98. The summed E-state index contributed by atoms with van der Waals surface area (Å²) in [5.74, 6) is -0.667. The molecule has 0 saturated carbocycles. The average molecular weight is 480 g/mol. The lowest BCUT2D eigenvalue weighted by molar-refractivity contribution is 0.0846. The SMILES string of the molecule is COc1ccc(C(=O)NNC(=O)c2ccc(NC(=O)c3sc4ccccc4c3Cl)cc2)cc1. The normalized spacial score (nSPS) is 10.5. The van der Waals surface area contributed by atoms with Gasteiger partial charge in [0.15, 0.2) is 0 Å². The third-order valence-corrected chi connectivity index (χ3v) is 6.46. The number of nitrogens with one attached hydrogen (secondary N) is 3. The van der Waals surface area contributed by atoms with E-state index in [1.165, 1.54) is 30.6 Å². The van der Waals surface area contributed by atoms with Crippen molar-refractivity contribution in [3.8, 4) is 5.75 Å². The molecular weight excluding hydrogens is 462 g/mol. The van der Waals surface area contributed by atoms with Crippen LogP contribution in [0.5, 0.6) is 5.75 Å². The minimum absolute atomic E-state index is 0.308. The molecule has 0 bridgehead atoms. The van der Waals surface area contributed by atoms with Gasteiger partial charge in [-0.05, 0) is 54.6 Å². The molecule has 3 aromatic carbocycles. The highest BCUT2D eigenvalue weighted by Crippen LogP contribution is 2.35. The van der Waals surface area contributed by atoms with Crippen molar-refractivity contribution in [1.82, 2.24) is 10.9 Å². The zero-order valence-electron chi connectivity index (χ0n) is 17.3. The number of hydrogen-bond donors (Lipinski definition) is 3. The predicted octanol–water partition coefficient (Wildman–Crippen LogP) is 4.89. The van der Waals surface area contributed by atoms with Gasteiger partial charge in [0.05, 0.1) is 12.1 Å². The Morgan fingerprint density at radius 3 is 1.94 bits per heavy atom. The van der Waals surface area contributed by atoms with E-state index in [2.05, 4.69) is 16.2 Å². The molecule has 7 nitrogen and oxygen atoms in total. The van der Waals surface area contributed by atoms with Gasteiger partial charge in [0.1, 0.15) is 10.6 Å². The van der Waals surface area contributed by atoms with E-state index in [1.54, 1.807) is 36.4 Å². The molecule has 3 N–H and O–H groups in total. The quantitative estimate of drug-likeness (QED) is 0.355. The molecule has 0 aliphatic heterocycles. The van der Waals surface area contributed by atoms with Crippen LogP contribution in [0.3, 0.4) is 0 Å². The van der Waals surface area contributed by atoms with E-state index in [-0.39, 0.29) is 5.91 Å². The Morgan fingerprint density at radius 1 is 0.788 bits per heavy atom. The molecule has 0 atom stereocenters. The fourth-order valence-corrected chi connectivity index (χ4v) is 4.47. The molecule has 166 valence electrons. The summed E-state index contributed by atoms with van der Waals surface area (Å²) in [5.41, 5.74) is 5.91. The van der Waals surface area contributed by atoms with E-state index in [0.717, 1.165) is 10.1 Å². The second kappa shape index (κ2) is 9.72. The van der Waals surface area contributed by atoms with Crippen molar-refractivity contribution in [2.75, 3.05) is 12.4 Å². The lowest BCUT2D eigenvalue weighted by Crippen LogP contribution is -2.41. The number of methoxy groups -OCH3 is 1. The van der Waals surface area contributed by atoms with Crippen molar-refractivity contribution >= 4 is 56.4 Å². The van der Waals surface area contributed by atoms with Crippen LogP contribution in [0, 0.1) is 0 Å². The van der Waals surface area contributed by atoms with Gasteiger partial charge in [0, 0.05) is 26.9 Å². The van der Waals surface area contributed by atoms with Gasteiger partial charge in [-0.1, -0.05) is 29.8 Å². The predicted molar refractivity (Wildman–Crippen MR) is 129 cm³/mol. The van der Waals surface area contributed by atoms with E-state index < -0.39 is 11.8 Å². The lowest BCUT2D eigenvalue weighted by atomic mass is 10.2. The van der Waals surface area contributed by atoms with E-state index in [9.17, 15) is 14.4 Å². The summed E-state index contributed by atoms with van der Waals surface area (Å²) in [5, 5.41) is 4.03. The zero-order valence-corrected chi connectivity index (χ0v) is 18.9. The van der Waals surface area contributed by atoms with Crippen LogP contribution < -0.4 is 20.9 Å². The van der Waals surface area contributed by atoms with Gasteiger partial charge < -0.3 is 10.1 Å². The minimum atomic E-state index is -0.498. The first-order valence-electron chi connectivity index (χ1n) is 9.79. The number of hydrogen-bond acceptors (Lipinski definition) is 5. The Labute approximate surface area is 198 Å². The number of benzene rings is 3. The molecular formula is C24H18ClN3O4S. The molecule has 1 aromatic heterocycles. The number of thiophene rings is 1. The Balaban J connectivity index is 1.36. The number of anilines is 1. The molecule has 0 saturated heterocycles. The van der Waals surface area contributed by atoms with Crippen molar-refractivity contribution in [3.05, 3.63) is 93.8 Å². The van der Waals surface area contributed by atoms with Crippen molar-refractivity contribution < 1.29 is 19.1 Å². The van der Waals surface area contributed by atoms with Crippen LogP contribution in [0.15, 0.2) is 72.8 Å². The van der Waals surface area contributed by atoms with Gasteiger partial charge in [-0.2, -0.15) is 0 Å². The minimum Gasteiger partial charge on any atom is -0.497 e. The molecule has 1 heterocycles. The third kappa shape index (κ3) is 4.97. The second-order valence-electron chi connectivity index (χ2n) is 6.91. The zero-order chi connectivity index (χ0) is 23.4. The van der Waals surface area contributed by atoms with Gasteiger partial charge in [0.25, 0.3) is 17.7 Å². The molecule has 33 heavy (non-hydrogen) atoms. The molecule has 0 aliphatic rings. The van der Waals surface area contributed by atoms with Crippen molar-refractivity contribution in [2.45, 2.75) is 0 Å². The average Bonchev–Trinajstić information content (AvgIpc) is 3.19. The summed E-state index contributed by atoms with van der Waals surface area (Å²) in [7, 11) is 1.53. The highest BCUT2D eigenvalue weighted by molar-refractivity contribution is 7.21. The summed E-state index contributed by atoms with van der Waals surface area (Å²) in [4.78, 5) is 37.6. The van der Waals surface area contributed by atoms with E-state index in [1.807, 2.05) is 24.3 Å². The van der Waals surface area contributed by atoms with Crippen LogP contribution in [-0.2, 0) is 0 Å². The maximum atomic E-state index is 12.7. The van der Waals surface area contributed by atoms with Gasteiger partial charge in [-0.15, -0.1) is 11.3 Å². The first kappa shape index (κ1) is 22.3. The Morgan fingerprint density at radius 2 is 1.36 bits per heavy atom. The van der Waals surface area contributed by atoms with Crippen molar-refractivity contribution in [2.24, 2.45) is 0 Å². The molecule has 0 spiro atoms. The van der Waals surface area contributed by atoms with Crippen LogP contribution in [0.1, 0.15) is 30.4 Å². The maximum absolute atomic E-state index is 12.7. The van der Waals surface area contributed by atoms with Gasteiger partial charge in [0.2, 0.25) is 0 Å².